The number of carbonyl (C=O) groups is 1. The van der Waals surface area contributed by atoms with E-state index in [0.717, 1.165) is 23.3 Å². The second kappa shape index (κ2) is 6.77. The fourth-order valence-electron chi connectivity index (χ4n) is 2.43. The van der Waals surface area contributed by atoms with Gasteiger partial charge in [0.25, 0.3) is 0 Å². The van der Waals surface area contributed by atoms with E-state index in [1.54, 1.807) is 14.0 Å². The minimum absolute atomic E-state index is 0.313. The van der Waals surface area contributed by atoms with E-state index in [1.807, 2.05) is 32.0 Å². The van der Waals surface area contributed by atoms with Crippen molar-refractivity contribution in [2.24, 2.45) is 0 Å². The van der Waals surface area contributed by atoms with Crippen molar-refractivity contribution in [3.8, 4) is 0 Å². The van der Waals surface area contributed by atoms with Crippen molar-refractivity contribution >= 4 is 11.7 Å². The summed E-state index contributed by atoms with van der Waals surface area (Å²) < 4.78 is 26.4. The molecule has 1 atom stereocenters. The second-order valence-corrected chi connectivity index (χ2v) is 5.77. The summed E-state index contributed by atoms with van der Waals surface area (Å²) in [7, 11) is 1.61. The molecule has 0 fully saturated rings. The summed E-state index contributed by atoms with van der Waals surface area (Å²) in [6.45, 7) is 5.67. The van der Waals surface area contributed by atoms with Crippen LogP contribution in [-0.4, -0.2) is 18.0 Å². The summed E-state index contributed by atoms with van der Waals surface area (Å²) in [5.74, 6) is -1.82. The van der Waals surface area contributed by atoms with Crippen molar-refractivity contribution in [3.05, 3.63) is 64.7 Å². The first kappa shape index (κ1) is 16.9. The van der Waals surface area contributed by atoms with Crippen LogP contribution in [0, 0.1) is 25.5 Å². The first-order chi connectivity index (χ1) is 10.8. The number of nitrogens with one attached hydrogen (secondary N) is 1. The fourth-order valence-corrected chi connectivity index (χ4v) is 2.43. The molecule has 0 unspecified atom stereocenters. The van der Waals surface area contributed by atoms with Gasteiger partial charge in [-0.15, -0.1) is 0 Å². The average molecular weight is 318 g/mol. The number of rotatable bonds is 3. The molecule has 0 saturated carbocycles. The van der Waals surface area contributed by atoms with E-state index >= 15 is 0 Å². The van der Waals surface area contributed by atoms with Gasteiger partial charge in [-0.1, -0.05) is 12.1 Å². The van der Waals surface area contributed by atoms with Gasteiger partial charge in [-0.2, -0.15) is 0 Å². The van der Waals surface area contributed by atoms with Crippen LogP contribution in [-0.2, 0) is 0 Å². The Hall–Kier alpha value is -2.43. The van der Waals surface area contributed by atoms with Gasteiger partial charge in [0, 0.05) is 12.7 Å². The molecule has 0 spiro atoms. The van der Waals surface area contributed by atoms with Crippen LogP contribution in [0.1, 0.15) is 29.7 Å². The Balaban J connectivity index is 2.13. The highest BCUT2D eigenvalue weighted by Gasteiger charge is 2.19. The zero-order valence-corrected chi connectivity index (χ0v) is 13.7. The maximum atomic E-state index is 13.3. The first-order valence-corrected chi connectivity index (χ1v) is 7.35. The standard InChI is InChI=1S/C18H20F2N2O/c1-11-7-12(2)9-15(8-11)21-18(23)22(4)13(3)14-5-6-16(19)17(20)10-14/h5-10,13H,1-4H3,(H,21,23)/t13-/m0/s1. The summed E-state index contributed by atoms with van der Waals surface area (Å²) in [4.78, 5) is 13.8. The normalized spacial score (nSPS) is 11.9. The molecule has 0 radical (unpaired) electrons. The Bertz CT molecular complexity index is 711. The lowest BCUT2D eigenvalue weighted by molar-refractivity contribution is 0.208. The van der Waals surface area contributed by atoms with Gasteiger partial charge in [-0.3, -0.25) is 0 Å². The van der Waals surface area contributed by atoms with Crippen LogP contribution in [0.3, 0.4) is 0 Å². The summed E-state index contributed by atoms with van der Waals surface area (Å²) >= 11 is 0. The molecule has 0 bridgehead atoms. The monoisotopic (exact) mass is 318 g/mol. The van der Waals surface area contributed by atoms with Crippen LogP contribution in [0.15, 0.2) is 36.4 Å². The van der Waals surface area contributed by atoms with E-state index in [-0.39, 0.29) is 6.03 Å². The molecule has 0 heterocycles. The molecule has 5 heteroatoms. The first-order valence-electron chi connectivity index (χ1n) is 7.35. The summed E-state index contributed by atoms with van der Waals surface area (Å²) in [6, 6.07) is 8.72. The van der Waals surface area contributed by atoms with Crippen LogP contribution in [0.4, 0.5) is 19.3 Å². The smallest absolute Gasteiger partial charge is 0.321 e. The SMILES string of the molecule is Cc1cc(C)cc(NC(=O)N(C)[C@@H](C)c2ccc(F)c(F)c2)c1. The third kappa shape index (κ3) is 4.06. The van der Waals surface area contributed by atoms with E-state index < -0.39 is 17.7 Å². The van der Waals surface area contributed by atoms with E-state index in [4.69, 9.17) is 0 Å². The molecule has 2 rings (SSSR count). The largest absolute Gasteiger partial charge is 0.322 e. The second-order valence-electron chi connectivity index (χ2n) is 5.77. The van der Waals surface area contributed by atoms with E-state index in [9.17, 15) is 13.6 Å². The summed E-state index contributed by atoms with van der Waals surface area (Å²) in [5.41, 5.74) is 3.34. The minimum Gasteiger partial charge on any atom is -0.321 e. The third-order valence-corrected chi connectivity index (χ3v) is 3.80. The van der Waals surface area contributed by atoms with E-state index in [0.29, 0.717) is 11.3 Å². The van der Waals surface area contributed by atoms with E-state index in [1.165, 1.54) is 11.0 Å². The molecular weight excluding hydrogens is 298 g/mol. The molecule has 23 heavy (non-hydrogen) atoms. The molecule has 0 aliphatic heterocycles. The number of amides is 2. The van der Waals surface area contributed by atoms with Crippen molar-refractivity contribution < 1.29 is 13.6 Å². The third-order valence-electron chi connectivity index (χ3n) is 3.80. The number of halogens is 2. The predicted molar refractivity (Wildman–Crippen MR) is 87.5 cm³/mol. The van der Waals surface area contributed by atoms with Gasteiger partial charge in [0.15, 0.2) is 11.6 Å². The van der Waals surface area contributed by atoms with Crippen LogP contribution in [0.5, 0.6) is 0 Å². The topological polar surface area (TPSA) is 32.3 Å². The quantitative estimate of drug-likeness (QED) is 0.865. The molecule has 0 aromatic heterocycles. The van der Waals surface area contributed by atoms with Gasteiger partial charge in [0.05, 0.1) is 6.04 Å². The molecule has 0 aliphatic rings. The number of aryl methyl sites for hydroxylation is 2. The predicted octanol–water partition coefficient (Wildman–Crippen LogP) is 4.81. The highest BCUT2D eigenvalue weighted by molar-refractivity contribution is 5.89. The molecular formula is C18H20F2N2O. The Kier molecular flexibility index (Phi) is 4.98. The molecule has 2 amide bonds. The van der Waals surface area contributed by atoms with Crippen molar-refractivity contribution in [1.29, 1.82) is 0 Å². The van der Waals surface area contributed by atoms with Crippen molar-refractivity contribution in [2.75, 3.05) is 12.4 Å². The minimum atomic E-state index is -0.919. The zero-order valence-electron chi connectivity index (χ0n) is 13.7. The molecule has 2 aromatic carbocycles. The van der Waals surface area contributed by atoms with Gasteiger partial charge in [0.2, 0.25) is 0 Å². The highest BCUT2D eigenvalue weighted by atomic mass is 19.2. The molecule has 0 aliphatic carbocycles. The molecule has 2 aromatic rings. The number of urea groups is 1. The Morgan fingerprint density at radius 3 is 2.22 bits per heavy atom. The van der Waals surface area contributed by atoms with Crippen molar-refractivity contribution in [2.45, 2.75) is 26.8 Å². The van der Waals surface area contributed by atoms with Crippen molar-refractivity contribution in [1.82, 2.24) is 4.90 Å². The fraction of sp³-hybridized carbons (Fsp3) is 0.278. The lowest BCUT2D eigenvalue weighted by Gasteiger charge is -2.26. The molecule has 1 N–H and O–H groups in total. The van der Waals surface area contributed by atoms with Gasteiger partial charge in [-0.25, -0.2) is 13.6 Å². The summed E-state index contributed by atoms with van der Waals surface area (Å²) in [5, 5.41) is 2.82. The van der Waals surface area contributed by atoms with Gasteiger partial charge >= 0.3 is 6.03 Å². The number of hydrogen-bond donors (Lipinski definition) is 1. The van der Waals surface area contributed by atoms with Gasteiger partial charge in [0.1, 0.15) is 0 Å². The highest BCUT2D eigenvalue weighted by Crippen LogP contribution is 2.22. The van der Waals surface area contributed by atoms with E-state index in [2.05, 4.69) is 5.32 Å². The Labute approximate surface area is 134 Å². The Morgan fingerprint density at radius 1 is 1.04 bits per heavy atom. The lowest BCUT2D eigenvalue weighted by atomic mass is 10.1. The van der Waals surface area contributed by atoms with Crippen LogP contribution in [0.25, 0.3) is 0 Å². The number of benzene rings is 2. The molecule has 0 saturated heterocycles. The van der Waals surface area contributed by atoms with Crippen molar-refractivity contribution in [3.63, 3.8) is 0 Å². The van der Waals surface area contributed by atoms with Gasteiger partial charge in [-0.05, 0) is 61.7 Å². The zero-order chi connectivity index (χ0) is 17.1. The number of carbonyl (C=O) groups excluding carboxylic acids is 1. The van der Waals surface area contributed by atoms with Gasteiger partial charge < -0.3 is 10.2 Å². The average Bonchev–Trinajstić information content (AvgIpc) is 2.47. The number of anilines is 1. The number of hydrogen-bond acceptors (Lipinski definition) is 1. The van der Waals surface area contributed by atoms with Crippen LogP contribution < -0.4 is 5.32 Å². The maximum Gasteiger partial charge on any atom is 0.322 e. The lowest BCUT2D eigenvalue weighted by Crippen LogP contribution is -2.33. The molecule has 3 nitrogen and oxygen atoms in total. The van der Waals surface area contributed by atoms with Crippen LogP contribution in [0.2, 0.25) is 0 Å². The molecule has 122 valence electrons. The summed E-state index contributed by atoms with van der Waals surface area (Å²) in [6.07, 6.45) is 0. The van der Waals surface area contributed by atoms with Crippen LogP contribution >= 0.6 is 0 Å². The maximum absolute atomic E-state index is 13.3. The Morgan fingerprint density at radius 2 is 1.65 bits per heavy atom. The number of nitrogens with zero attached hydrogens (tertiary/aromatic N) is 1.